The van der Waals surface area contributed by atoms with Crippen LogP contribution in [-0.4, -0.2) is 37.2 Å². The van der Waals surface area contributed by atoms with Crippen molar-refractivity contribution in [1.82, 2.24) is 0 Å². The Labute approximate surface area is 518 Å². The molecule has 0 amide bonds. The fourth-order valence-electron chi connectivity index (χ4n) is 11.5. The minimum atomic E-state index is -0.776. The maximum Gasteiger partial charge on any atom is 0.306 e. The van der Waals surface area contributed by atoms with Gasteiger partial charge in [0.2, 0.25) is 0 Å². The van der Waals surface area contributed by atoms with E-state index in [4.69, 9.17) is 14.2 Å². The van der Waals surface area contributed by atoms with Gasteiger partial charge in [0.25, 0.3) is 0 Å². The van der Waals surface area contributed by atoms with E-state index in [0.717, 1.165) is 77.0 Å². The summed E-state index contributed by atoms with van der Waals surface area (Å²) in [5, 5.41) is 0. The van der Waals surface area contributed by atoms with Crippen LogP contribution in [0.4, 0.5) is 0 Å². The van der Waals surface area contributed by atoms with Crippen LogP contribution >= 0.6 is 0 Å². The van der Waals surface area contributed by atoms with E-state index < -0.39 is 6.10 Å². The van der Waals surface area contributed by atoms with Gasteiger partial charge in [0.15, 0.2) is 6.10 Å². The lowest BCUT2D eigenvalue weighted by atomic mass is 10.0. The summed E-state index contributed by atoms with van der Waals surface area (Å²) in [7, 11) is 0. The van der Waals surface area contributed by atoms with Crippen LogP contribution in [-0.2, 0) is 28.6 Å². The lowest BCUT2D eigenvalue weighted by Gasteiger charge is -2.18. The first-order valence-corrected chi connectivity index (χ1v) is 37.5. The fourth-order valence-corrected chi connectivity index (χ4v) is 11.5. The molecule has 0 rings (SSSR count). The van der Waals surface area contributed by atoms with E-state index >= 15 is 0 Å². The number of esters is 3. The highest BCUT2D eigenvalue weighted by molar-refractivity contribution is 5.71. The summed E-state index contributed by atoms with van der Waals surface area (Å²) in [5.74, 6) is -0.848. The second-order valence-electron chi connectivity index (χ2n) is 25.6. The molecule has 83 heavy (non-hydrogen) atoms. The standard InChI is InChI=1S/C77H144O6/c1-4-7-10-13-16-19-22-25-28-31-34-36-38-40-43-46-49-52-55-58-61-64-67-70-76(79)82-73-74(72-81-75(78)69-66-63-60-57-54-51-48-45-42-33-30-27-24-21-18-15-12-9-6-3)83-77(80)71-68-65-62-59-56-53-50-47-44-41-39-37-35-32-29-26-23-20-17-14-11-8-5-2/h18,21,27,30,42,45,74H,4-17,19-20,22-26,28-29,31-41,43-44,46-73H2,1-3H3/b21-18-,30-27-,45-42-. The third kappa shape index (κ3) is 70.3. The van der Waals surface area contributed by atoms with Crippen molar-refractivity contribution in [3.63, 3.8) is 0 Å². The van der Waals surface area contributed by atoms with Crippen molar-refractivity contribution in [1.29, 1.82) is 0 Å². The zero-order chi connectivity index (χ0) is 59.9. The van der Waals surface area contributed by atoms with E-state index in [2.05, 4.69) is 57.2 Å². The number of ether oxygens (including phenoxy) is 3. The molecule has 0 fully saturated rings. The maximum atomic E-state index is 13.0. The number of carbonyl (C=O) groups excluding carboxylic acids is 3. The Bertz CT molecular complexity index is 1380. The first kappa shape index (κ1) is 80.6. The highest BCUT2D eigenvalue weighted by atomic mass is 16.6. The molecule has 0 N–H and O–H groups in total. The van der Waals surface area contributed by atoms with Crippen molar-refractivity contribution >= 4 is 17.9 Å². The number of hydrogen-bond acceptors (Lipinski definition) is 6. The Morgan fingerprint density at radius 2 is 0.434 bits per heavy atom. The predicted molar refractivity (Wildman–Crippen MR) is 362 cm³/mol. The second-order valence-corrected chi connectivity index (χ2v) is 25.6. The predicted octanol–water partition coefficient (Wildman–Crippen LogP) is 25.9. The average Bonchev–Trinajstić information content (AvgIpc) is 3.49. The number of allylic oxidation sites excluding steroid dienone is 6. The van der Waals surface area contributed by atoms with Crippen LogP contribution in [0.5, 0.6) is 0 Å². The van der Waals surface area contributed by atoms with Crippen LogP contribution in [0.15, 0.2) is 36.5 Å². The molecular weight excluding hydrogens is 1020 g/mol. The Hall–Kier alpha value is -2.37. The van der Waals surface area contributed by atoms with E-state index in [1.807, 2.05) is 0 Å². The van der Waals surface area contributed by atoms with Gasteiger partial charge in [-0.05, 0) is 57.8 Å². The third-order valence-corrected chi connectivity index (χ3v) is 17.1. The molecule has 0 aliphatic rings. The molecule has 0 aliphatic heterocycles. The van der Waals surface area contributed by atoms with Crippen molar-refractivity contribution in [2.24, 2.45) is 0 Å². The van der Waals surface area contributed by atoms with Gasteiger partial charge in [-0.2, -0.15) is 0 Å². The summed E-state index contributed by atoms with van der Waals surface area (Å²) >= 11 is 0. The Morgan fingerprint density at radius 1 is 0.241 bits per heavy atom. The zero-order valence-electron chi connectivity index (χ0n) is 56.2. The van der Waals surface area contributed by atoms with E-state index in [1.165, 1.54) is 302 Å². The van der Waals surface area contributed by atoms with Crippen molar-refractivity contribution in [2.45, 2.75) is 425 Å². The average molecular weight is 1170 g/mol. The van der Waals surface area contributed by atoms with E-state index in [-0.39, 0.29) is 31.1 Å². The maximum absolute atomic E-state index is 13.0. The summed E-state index contributed by atoms with van der Waals surface area (Å²) in [6, 6.07) is 0. The van der Waals surface area contributed by atoms with Crippen LogP contribution in [0.1, 0.15) is 419 Å². The molecule has 0 aromatic rings. The first-order valence-electron chi connectivity index (χ1n) is 37.5. The van der Waals surface area contributed by atoms with E-state index in [0.29, 0.717) is 19.3 Å². The van der Waals surface area contributed by atoms with E-state index in [1.54, 1.807) is 0 Å². The number of hydrogen-bond donors (Lipinski definition) is 0. The molecule has 6 nitrogen and oxygen atoms in total. The number of unbranched alkanes of at least 4 members (excludes halogenated alkanes) is 53. The van der Waals surface area contributed by atoms with Crippen LogP contribution in [0, 0.1) is 0 Å². The van der Waals surface area contributed by atoms with Crippen molar-refractivity contribution in [3.05, 3.63) is 36.5 Å². The van der Waals surface area contributed by atoms with Crippen molar-refractivity contribution in [3.8, 4) is 0 Å². The molecule has 488 valence electrons. The Balaban J connectivity index is 4.31. The monoisotopic (exact) mass is 1170 g/mol. The first-order chi connectivity index (χ1) is 41.0. The summed E-state index contributed by atoms with van der Waals surface area (Å²) in [6.45, 7) is 6.70. The second kappa shape index (κ2) is 72.1. The third-order valence-electron chi connectivity index (χ3n) is 17.1. The molecule has 1 unspecified atom stereocenters. The number of rotatable bonds is 70. The molecule has 0 bridgehead atoms. The van der Waals surface area contributed by atoms with Gasteiger partial charge >= 0.3 is 17.9 Å². The molecule has 0 aliphatic carbocycles. The van der Waals surface area contributed by atoms with Crippen LogP contribution in [0.25, 0.3) is 0 Å². The molecule has 0 saturated heterocycles. The molecule has 0 radical (unpaired) electrons. The van der Waals surface area contributed by atoms with Gasteiger partial charge in [-0.25, -0.2) is 0 Å². The zero-order valence-corrected chi connectivity index (χ0v) is 56.2. The smallest absolute Gasteiger partial charge is 0.306 e. The lowest BCUT2D eigenvalue weighted by molar-refractivity contribution is -0.167. The Kier molecular flexibility index (Phi) is 70.0. The minimum Gasteiger partial charge on any atom is -0.462 e. The summed E-state index contributed by atoms with van der Waals surface area (Å²) in [5.41, 5.74) is 0. The van der Waals surface area contributed by atoms with Crippen LogP contribution < -0.4 is 0 Å². The lowest BCUT2D eigenvalue weighted by Crippen LogP contribution is -2.30. The molecular formula is C77H144O6. The topological polar surface area (TPSA) is 78.9 Å². The molecule has 1 atom stereocenters. The van der Waals surface area contributed by atoms with Crippen molar-refractivity contribution in [2.75, 3.05) is 13.2 Å². The highest BCUT2D eigenvalue weighted by Gasteiger charge is 2.20. The fraction of sp³-hybridized carbons (Fsp3) is 0.883. The van der Waals surface area contributed by atoms with Crippen molar-refractivity contribution < 1.29 is 28.6 Å². The molecule has 0 heterocycles. The summed E-state index contributed by atoms with van der Waals surface area (Å²) in [4.78, 5) is 38.6. The van der Waals surface area contributed by atoms with Gasteiger partial charge in [-0.3, -0.25) is 14.4 Å². The number of carbonyl (C=O) groups is 3. The summed E-state index contributed by atoms with van der Waals surface area (Å²) in [6.07, 6.45) is 90.4. The SMILES string of the molecule is CCCCC/C=C\C/C=C\C/C=C\CCCCCCCCC(=O)OCC(COC(=O)CCCCCCCCCCCCCCCCCCCCCCCCC)OC(=O)CCCCCCCCCCCCCCCCCCCCCCCCC. The largest absolute Gasteiger partial charge is 0.462 e. The van der Waals surface area contributed by atoms with Crippen LogP contribution in [0.3, 0.4) is 0 Å². The minimum absolute atomic E-state index is 0.0701. The highest BCUT2D eigenvalue weighted by Crippen LogP contribution is 2.19. The molecule has 6 heteroatoms. The van der Waals surface area contributed by atoms with Crippen LogP contribution in [0.2, 0.25) is 0 Å². The van der Waals surface area contributed by atoms with Gasteiger partial charge in [0.1, 0.15) is 13.2 Å². The normalized spacial score (nSPS) is 12.2. The van der Waals surface area contributed by atoms with Gasteiger partial charge in [-0.1, -0.05) is 378 Å². The van der Waals surface area contributed by atoms with Gasteiger partial charge in [-0.15, -0.1) is 0 Å². The Morgan fingerprint density at radius 3 is 0.699 bits per heavy atom. The summed E-state index contributed by atoms with van der Waals surface area (Å²) < 4.78 is 17.0. The van der Waals surface area contributed by atoms with Gasteiger partial charge in [0, 0.05) is 19.3 Å². The molecule has 0 aromatic carbocycles. The molecule has 0 spiro atoms. The van der Waals surface area contributed by atoms with E-state index in [9.17, 15) is 14.4 Å². The van der Waals surface area contributed by atoms with Gasteiger partial charge < -0.3 is 14.2 Å². The molecule has 0 aromatic heterocycles. The molecule has 0 saturated carbocycles. The van der Waals surface area contributed by atoms with Gasteiger partial charge in [0.05, 0.1) is 0 Å². The quantitative estimate of drug-likeness (QED) is 0.0261.